The monoisotopic (exact) mass is 455 g/mol. The third-order valence-corrected chi connectivity index (χ3v) is 6.43. The summed E-state index contributed by atoms with van der Waals surface area (Å²) < 4.78 is 5.52. The van der Waals surface area contributed by atoms with Crippen molar-refractivity contribution in [2.45, 2.75) is 6.92 Å². The standard InChI is InChI=1S/C24H26ClN3O4/c1-16-18(25)7-5-8-19(16)28-23(30)21(17-6-3-4-9-20(17)32-2)22(24(28)31)27-12-10-26(11-13-27)14-15-29/h3-9,29H,10-15H2,1-2H3. The van der Waals surface area contributed by atoms with E-state index in [2.05, 4.69) is 4.90 Å². The maximum Gasteiger partial charge on any atom is 0.282 e. The van der Waals surface area contributed by atoms with Gasteiger partial charge in [0.2, 0.25) is 0 Å². The Morgan fingerprint density at radius 2 is 1.72 bits per heavy atom. The molecular formula is C24H26ClN3O4. The van der Waals surface area contributed by atoms with Gasteiger partial charge in [0.05, 0.1) is 25.0 Å². The highest BCUT2D eigenvalue weighted by Crippen LogP contribution is 2.40. The van der Waals surface area contributed by atoms with E-state index in [4.69, 9.17) is 16.3 Å². The van der Waals surface area contributed by atoms with Crippen LogP contribution in [0.1, 0.15) is 11.1 Å². The van der Waals surface area contributed by atoms with Gasteiger partial charge < -0.3 is 14.7 Å². The molecule has 2 aliphatic heterocycles. The summed E-state index contributed by atoms with van der Waals surface area (Å²) in [7, 11) is 1.55. The number of rotatable bonds is 6. The summed E-state index contributed by atoms with van der Waals surface area (Å²) in [6.45, 7) is 5.03. The Balaban J connectivity index is 1.81. The van der Waals surface area contributed by atoms with Crippen LogP contribution in [0.5, 0.6) is 5.75 Å². The summed E-state index contributed by atoms with van der Waals surface area (Å²) in [6, 6.07) is 12.4. The SMILES string of the molecule is COc1ccccc1C1=C(N2CCN(CCO)CC2)C(=O)N(c2cccc(Cl)c2C)C1=O. The van der Waals surface area contributed by atoms with E-state index < -0.39 is 5.91 Å². The second kappa shape index (κ2) is 9.32. The van der Waals surface area contributed by atoms with Crippen molar-refractivity contribution in [2.24, 2.45) is 0 Å². The molecule has 2 aliphatic rings. The van der Waals surface area contributed by atoms with Gasteiger partial charge in [0.15, 0.2) is 0 Å². The second-order valence-corrected chi connectivity index (χ2v) is 8.21. The highest BCUT2D eigenvalue weighted by Gasteiger charge is 2.44. The maximum atomic E-state index is 13.7. The Morgan fingerprint density at radius 1 is 1.00 bits per heavy atom. The van der Waals surface area contributed by atoms with Gasteiger partial charge in [0, 0.05) is 43.3 Å². The van der Waals surface area contributed by atoms with Crippen molar-refractivity contribution in [3.8, 4) is 5.75 Å². The second-order valence-electron chi connectivity index (χ2n) is 7.81. The molecule has 0 bridgehead atoms. The molecule has 32 heavy (non-hydrogen) atoms. The fraction of sp³-hybridized carbons (Fsp3) is 0.333. The first-order chi connectivity index (χ1) is 15.5. The Kier molecular flexibility index (Phi) is 6.50. The maximum absolute atomic E-state index is 13.7. The molecule has 0 unspecified atom stereocenters. The third-order valence-electron chi connectivity index (χ3n) is 6.02. The lowest BCUT2D eigenvalue weighted by atomic mass is 10.0. The van der Waals surface area contributed by atoms with Crippen LogP contribution in [0.25, 0.3) is 5.57 Å². The average molecular weight is 456 g/mol. The van der Waals surface area contributed by atoms with Crippen molar-refractivity contribution in [2.75, 3.05) is 51.3 Å². The number of anilines is 1. The average Bonchev–Trinajstić information content (AvgIpc) is 3.06. The van der Waals surface area contributed by atoms with E-state index in [9.17, 15) is 14.7 Å². The lowest BCUT2D eigenvalue weighted by Gasteiger charge is -2.36. The third kappa shape index (κ3) is 3.88. The van der Waals surface area contributed by atoms with E-state index in [1.54, 1.807) is 44.4 Å². The molecule has 2 heterocycles. The van der Waals surface area contributed by atoms with E-state index in [0.717, 1.165) is 0 Å². The first-order valence-corrected chi connectivity index (χ1v) is 11.0. The molecule has 2 amide bonds. The molecule has 0 aliphatic carbocycles. The zero-order valence-electron chi connectivity index (χ0n) is 18.2. The van der Waals surface area contributed by atoms with Crippen LogP contribution in [0.2, 0.25) is 5.02 Å². The molecule has 2 aromatic carbocycles. The van der Waals surface area contributed by atoms with Crippen LogP contribution in [-0.4, -0.2) is 73.2 Å². The van der Waals surface area contributed by atoms with E-state index >= 15 is 0 Å². The number of β-amino-alcohol motifs (C(OH)–C–C–N with tert-alkyl or cyclic N) is 1. The normalized spacial score (nSPS) is 17.5. The number of piperazine rings is 1. The number of carbonyl (C=O) groups excluding carboxylic acids is 2. The number of aliphatic hydroxyl groups excluding tert-OH is 1. The minimum atomic E-state index is -0.391. The molecule has 0 aromatic heterocycles. The van der Waals surface area contributed by atoms with Crippen molar-refractivity contribution in [3.05, 3.63) is 64.3 Å². The fourth-order valence-corrected chi connectivity index (χ4v) is 4.47. The molecule has 168 valence electrons. The first-order valence-electron chi connectivity index (χ1n) is 10.6. The molecule has 0 saturated carbocycles. The van der Waals surface area contributed by atoms with Gasteiger partial charge in [-0.15, -0.1) is 0 Å². The molecule has 8 heteroatoms. The molecule has 1 fully saturated rings. The number of aliphatic hydroxyl groups is 1. The van der Waals surface area contributed by atoms with E-state index in [-0.39, 0.29) is 12.5 Å². The minimum absolute atomic E-state index is 0.0917. The Morgan fingerprint density at radius 3 is 2.41 bits per heavy atom. The number of hydrogen-bond acceptors (Lipinski definition) is 6. The summed E-state index contributed by atoms with van der Waals surface area (Å²) >= 11 is 6.30. The van der Waals surface area contributed by atoms with Crippen LogP contribution < -0.4 is 9.64 Å². The first kappa shape index (κ1) is 22.3. The zero-order valence-corrected chi connectivity index (χ0v) is 18.9. The van der Waals surface area contributed by atoms with Crippen molar-refractivity contribution in [3.63, 3.8) is 0 Å². The highest BCUT2D eigenvalue weighted by molar-refractivity contribution is 6.46. The summed E-state index contributed by atoms with van der Waals surface area (Å²) in [5.74, 6) is -0.223. The number of ether oxygens (including phenoxy) is 1. The number of nitrogens with zero attached hydrogens (tertiary/aromatic N) is 3. The van der Waals surface area contributed by atoms with E-state index in [0.29, 0.717) is 71.6 Å². The number of carbonyl (C=O) groups is 2. The number of benzene rings is 2. The van der Waals surface area contributed by atoms with Crippen molar-refractivity contribution in [1.29, 1.82) is 0 Å². The Hall–Kier alpha value is -2.87. The molecule has 0 spiro atoms. The Labute approximate surface area is 192 Å². The van der Waals surface area contributed by atoms with Gasteiger partial charge in [-0.1, -0.05) is 35.9 Å². The van der Waals surface area contributed by atoms with Crippen LogP contribution in [0.4, 0.5) is 5.69 Å². The zero-order chi connectivity index (χ0) is 22.8. The van der Waals surface area contributed by atoms with Gasteiger partial charge in [0.25, 0.3) is 11.8 Å². The molecule has 1 saturated heterocycles. The molecule has 4 rings (SSSR count). The van der Waals surface area contributed by atoms with Crippen LogP contribution in [0.15, 0.2) is 48.2 Å². The predicted molar refractivity (Wildman–Crippen MR) is 124 cm³/mol. The fourth-order valence-electron chi connectivity index (χ4n) is 4.30. The van der Waals surface area contributed by atoms with Crippen LogP contribution in [0, 0.1) is 6.92 Å². The Bertz CT molecular complexity index is 1080. The number of methoxy groups -OCH3 is 1. The smallest absolute Gasteiger partial charge is 0.282 e. The van der Waals surface area contributed by atoms with Crippen molar-refractivity contribution < 1.29 is 19.4 Å². The van der Waals surface area contributed by atoms with E-state index in [1.807, 2.05) is 17.0 Å². The molecule has 0 radical (unpaired) electrons. The van der Waals surface area contributed by atoms with Crippen LogP contribution in [-0.2, 0) is 9.59 Å². The largest absolute Gasteiger partial charge is 0.496 e. The summed E-state index contributed by atoms with van der Waals surface area (Å²) in [6.07, 6.45) is 0. The number of imide groups is 1. The van der Waals surface area contributed by atoms with Gasteiger partial charge in [-0.25, -0.2) is 4.90 Å². The van der Waals surface area contributed by atoms with E-state index in [1.165, 1.54) is 4.90 Å². The molecular weight excluding hydrogens is 430 g/mol. The van der Waals surface area contributed by atoms with Crippen molar-refractivity contribution >= 4 is 34.7 Å². The summed E-state index contributed by atoms with van der Waals surface area (Å²) in [4.78, 5) is 32.8. The summed E-state index contributed by atoms with van der Waals surface area (Å²) in [5.41, 5.74) is 2.45. The van der Waals surface area contributed by atoms with Gasteiger partial charge in [-0.3, -0.25) is 14.5 Å². The number of halogens is 1. The van der Waals surface area contributed by atoms with Crippen LogP contribution >= 0.6 is 11.6 Å². The molecule has 0 atom stereocenters. The number of hydrogen-bond donors (Lipinski definition) is 1. The minimum Gasteiger partial charge on any atom is -0.496 e. The number of para-hydroxylation sites is 1. The van der Waals surface area contributed by atoms with Gasteiger partial charge in [0.1, 0.15) is 11.4 Å². The molecule has 1 N–H and O–H groups in total. The van der Waals surface area contributed by atoms with Crippen molar-refractivity contribution in [1.82, 2.24) is 9.80 Å². The predicted octanol–water partition coefficient (Wildman–Crippen LogP) is 2.55. The lowest BCUT2D eigenvalue weighted by Crippen LogP contribution is -2.48. The highest BCUT2D eigenvalue weighted by atomic mass is 35.5. The van der Waals surface area contributed by atoms with Crippen LogP contribution in [0.3, 0.4) is 0 Å². The van der Waals surface area contributed by atoms with Gasteiger partial charge in [-0.05, 0) is 30.7 Å². The molecule has 2 aromatic rings. The quantitative estimate of drug-likeness (QED) is 0.675. The van der Waals surface area contributed by atoms with Gasteiger partial charge in [-0.2, -0.15) is 0 Å². The molecule has 7 nitrogen and oxygen atoms in total. The topological polar surface area (TPSA) is 73.3 Å². The lowest BCUT2D eigenvalue weighted by molar-refractivity contribution is -0.120. The number of amides is 2. The summed E-state index contributed by atoms with van der Waals surface area (Å²) in [5, 5.41) is 9.73. The van der Waals surface area contributed by atoms with Gasteiger partial charge >= 0.3 is 0 Å².